The van der Waals surface area contributed by atoms with Gasteiger partial charge in [0.2, 0.25) is 0 Å². The van der Waals surface area contributed by atoms with Crippen LogP contribution in [0.4, 0.5) is 0 Å². The van der Waals surface area contributed by atoms with E-state index in [9.17, 15) is 9.46 Å². The van der Waals surface area contributed by atoms with E-state index < -0.39 is 7.82 Å². The second-order valence-electron chi connectivity index (χ2n) is 6.14. The Hall–Kier alpha value is 0.110. The van der Waals surface area contributed by atoms with Crippen molar-refractivity contribution in [3.63, 3.8) is 0 Å². The van der Waals surface area contributed by atoms with Crippen molar-refractivity contribution in [3.05, 3.63) is 0 Å². The predicted molar refractivity (Wildman–Crippen MR) is 86.3 cm³/mol. The van der Waals surface area contributed by atoms with E-state index in [0.29, 0.717) is 6.61 Å². The first-order valence-corrected chi connectivity index (χ1v) is 10.3. The molecule has 1 atom stereocenters. The average Bonchev–Trinajstić information content (AvgIpc) is 2.46. The van der Waals surface area contributed by atoms with Crippen molar-refractivity contribution in [1.82, 2.24) is 0 Å². The fourth-order valence-corrected chi connectivity index (χ4v) is 3.81. The van der Waals surface area contributed by atoms with Gasteiger partial charge >= 0.3 is 7.82 Å². The van der Waals surface area contributed by atoms with E-state index in [2.05, 4.69) is 6.92 Å². The molecule has 0 heterocycles. The summed E-state index contributed by atoms with van der Waals surface area (Å²) in [5.41, 5.74) is 0. The topological polar surface area (TPSA) is 55.8 Å². The minimum absolute atomic E-state index is 0.0897. The standard InChI is InChI=1S/C16H33O4P/c1-2-3-4-5-6-7-8-12-15-19-21(17,18)20-16-13-10-9-11-14-16/h16H,2-15H2,1H3,(H,17,18). The lowest BCUT2D eigenvalue weighted by Crippen LogP contribution is -2.16. The lowest BCUT2D eigenvalue weighted by molar-refractivity contribution is 0.0817. The number of hydrogen-bond acceptors (Lipinski definition) is 3. The molecular formula is C16H33O4P. The van der Waals surface area contributed by atoms with Gasteiger partial charge in [-0.05, 0) is 19.3 Å². The second kappa shape index (κ2) is 11.6. The summed E-state index contributed by atoms with van der Waals surface area (Å²) < 4.78 is 22.1. The molecule has 0 aromatic heterocycles. The van der Waals surface area contributed by atoms with E-state index in [0.717, 1.165) is 38.5 Å². The van der Waals surface area contributed by atoms with Crippen LogP contribution in [0.2, 0.25) is 0 Å². The third-order valence-electron chi connectivity index (χ3n) is 4.09. The first kappa shape index (κ1) is 19.2. The summed E-state index contributed by atoms with van der Waals surface area (Å²) in [6, 6.07) is 0. The van der Waals surface area contributed by atoms with Crippen molar-refractivity contribution in [1.29, 1.82) is 0 Å². The van der Waals surface area contributed by atoms with Crippen molar-refractivity contribution in [2.45, 2.75) is 96.5 Å². The first-order chi connectivity index (χ1) is 10.1. The molecule has 1 N–H and O–H groups in total. The fourth-order valence-electron chi connectivity index (χ4n) is 2.81. The highest BCUT2D eigenvalue weighted by Crippen LogP contribution is 2.46. The molecule has 21 heavy (non-hydrogen) atoms. The zero-order valence-corrected chi connectivity index (χ0v) is 14.5. The Labute approximate surface area is 130 Å². The molecule has 5 heteroatoms. The quantitative estimate of drug-likeness (QED) is 0.376. The van der Waals surface area contributed by atoms with Crippen LogP contribution in [0.25, 0.3) is 0 Å². The normalized spacial score (nSPS) is 19.5. The van der Waals surface area contributed by atoms with Crippen molar-refractivity contribution < 1.29 is 18.5 Å². The molecule has 1 aliphatic rings. The summed E-state index contributed by atoms with van der Waals surface area (Å²) in [5, 5.41) is 0. The summed E-state index contributed by atoms with van der Waals surface area (Å²) in [6.45, 7) is 2.55. The van der Waals surface area contributed by atoms with Gasteiger partial charge in [0.25, 0.3) is 0 Å². The second-order valence-corrected chi connectivity index (χ2v) is 7.55. The van der Waals surface area contributed by atoms with Crippen LogP contribution in [-0.4, -0.2) is 17.6 Å². The van der Waals surface area contributed by atoms with Crippen LogP contribution in [0.15, 0.2) is 0 Å². The number of unbranched alkanes of at least 4 members (excludes halogenated alkanes) is 7. The Morgan fingerprint density at radius 3 is 2.14 bits per heavy atom. The first-order valence-electron chi connectivity index (χ1n) is 8.80. The van der Waals surface area contributed by atoms with Crippen molar-refractivity contribution >= 4 is 7.82 Å². The molecule has 0 saturated heterocycles. The summed E-state index contributed by atoms with van der Waals surface area (Å²) >= 11 is 0. The minimum Gasteiger partial charge on any atom is -0.302 e. The summed E-state index contributed by atoms with van der Waals surface area (Å²) in [6.07, 6.45) is 14.6. The van der Waals surface area contributed by atoms with Crippen LogP contribution in [0.5, 0.6) is 0 Å². The third kappa shape index (κ3) is 10.5. The Kier molecular flexibility index (Phi) is 10.6. The van der Waals surface area contributed by atoms with Gasteiger partial charge in [0.05, 0.1) is 12.7 Å². The fraction of sp³-hybridized carbons (Fsp3) is 1.00. The summed E-state index contributed by atoms with van der Waals surface area (Å²) in [4.78, 5) is 9.68. The SMILES string of the molecule is CCCCCCCCCCOP(=O)(O)OC1CCCCC1. The van der Waals surface area contributed by atoms with Crippen molar-refractivity contribution in [2.24, 2.45) is 0 Å². The highest BCUT2D eigenvalue weighted by molar-refractivity contribution is 7.47. The minimum atomic E-state index is -3.83. The highest BCUT2D eigenvalue weighted by atomic mass is 31.2. The number of hydrogen-bond donors (Lipinski definition) is 1. The van der Waals surface area contributed by atoms with Crippen LogP contribution < -0.4 is 0 Å². The molecule has 0 aliphatic heterocycles. The van der Waals surface area contributed by atoms with Gasteiger partial charge in [-0.1, -0.05) is 71.1 Å². The predicted octanol–water partition coefficient (Wildman–Crippen LogP) is 5.59. The van der Waals surface area contributed by atoms with E-state index in [-0.39, 0.29) is 6.10 Å². The lowest BCUT2D eigenvalue weighted by Gasteiger charge is -2.23. The molecule has 1 rings (SSSR count). The molecule has 1 aliphatic carbocycles. The van der Waals surface area contributed by atoms with E-state index in [4.69, 9.17) is 9.05 Å². The molecular weight excluding hydrogens is 287 g/mol. The maximum Gasteiger partial charge on any atom is 0.472 e. The van der Waals surface area contributed by atoms with Gasteiger partial charge in [-0.15, -0.1) is 0 Å². The van der Waals surface area contributed by atoms with Gasteiger partial charge in [0, 0.05) is 0 Å². The average molecular weight is 320 g/mol. The Morgan fingerprint density at radius 1 is 0.952 bits per heavy atom. The number of phosphoric acid groups is 1. The Morgan fingerprint density at radius 2 is 1.52 bits per heavy atom. The maximum absolute atomic E-state index is 11.8. The molecule has 0 aromatic rings. The molecule has 0 bridgehead atoms. The molecule has 0 aromatic carbocycles. The zero-order chi connectivity index (χ0) is 15.4. The van der Waals surface area contributed by atoms with Crippen molar-refractivity contribution in [2.75, 3.05) is 6.61 Å². The van der Waals surface area contributed by atoms with Crippen LogP contribution >= 0.6 is 7.82 Å². The molecule has 1 unspecified atom stereocenters. The van der Waals surface area contributed by atoms with Gasteiger partial charge in [0.15, 0.2) is 0 Å². The molecule has 0 amide bonds. The highest BCUT2D eigenvalue weighted by Gasteiger charge is 2.27. The van der Waals surface area contributed by atoms with Gasteiger partial charge in [-0.3, -0.25) is 9.05 Å². The van der Waals surface area contributed by atoms with E-state index in [1.807, 2.05) is 0 Å². The van der Waals surface area contributed by atoms with Crippen LogP contribution in [-0.2, 0) is 13.6 Å². The number of rotatable bonds is 12. The summed E-state index contributed by atoms with van der Waals surface area (Å²) in [7, 11) is -3.83. The van der Waals surface area contributed by atoms with Crippen LogP contribution in [0, 0.1) is 0 Å². The molecule has 126 valence electrons. The van der Waals surface area contributed by atoms with Crippen LogP contribution in [0.3, 0.4) is 0 Å². The third-order valence-corrected chi connectivity index (χ3v) is 5.16. The Bertz CT molecular complexity index is 290. The van der Waals surface area contributed by atoms with E-state index in [1.165, 1.54) is 44.9 Å². The zero-order valence-electron chi connectivity index (χ0n) is 13.6. The molecule has 1 fully saturated rings. The molecule has 4 nitrogen and oxygen atoms in total. The monoisotopic (exact) mass is 320 g/mol. The lowest BCUT2D eigenvalue weighted by atomic mass is 9.98. The van der Waals surface area contributed by atoms with Gasteiger partial charge in [0.1, 0.15) is 0 Å². The summed E-state index contributed by atoms with van der Waals surface area (Å²) in [5.74, 6) is 0. The molecule has 0 radical (unpaired) electrons. The largest absolute Gasteiger partial charge is 0.472 e. The van der Waals surface area contributed by atoms with Crippen molar-refractivity contribution in [3.8, 4) is 0 Å². The smallest absolute Gasteiger partial charge is 0.302 e. The van der Waals surface area contributed by atoms with Gasteiger partial charge in [-0.25, -0.2) is 4.57 Å². The van der Waals surface area contributed by atoms with E-state index in [1.54, 1.807) is 0 Å². The maximum atomic E-state index is 11.8. The molecule has 0 spiro atoms. The number of phosphoric ester groups is 1. The van der Waals surface area contributed by atoms with Gasteiger partial charge < -0.3 is 4.89 Å². The van der Waals surface area contributed by atoms with E-state index >= 15 is 0 Å². The van der Waals surface area contributed by atoms with Gasteiger partial charge in [-0.2, -0.15) is 0 Å². The Balaban J connectivity index is 1.96. The van der Waals surface area contributed by atoms with Crippen LogP contribution in [0.1, 0.15) is 90.4 Å². The molecule has 1 saturated carbocycles.